The molecule has 0 atom stereocenters. The van der Waals surface area contributed by atoms with Gasteiger partial charge in [0, 0.05) is 5.56 Å². The molecule has 7 nitrogen and oxygen atoms in total. The molecule has 0 aliphatic rings. The second kappa shape index (κ2) is 9.06. The number of alkyl halides is 6. The van der Waals surface area contributed by atoms with Crippen molar-refractivity contribution in [1.82, 2.24) is 14.6 Å². The molecule has 0 spiro atoms. The van der Waals surface area contributed by atoms with Crippen molar-refractivity contribution in [3.8, 4) is 22.8 Å². The predicted molar refractivity (Wildman–Crippen MR) is 116 cm³/mol. The van der Waals surface area contributed by atoms with Crippen molar-refractivity contribution in [3.05, 3.63) is 71.5 Å². The summed E-state index contributed by atoms with van der Waals surface area (Å²) in [5.74, 6) is -0.571. The van der Waals surface area contributed by atoms with Gasteiger partial charge in [0.25, 0.3) is 5.91 Å². The second-order valence-corrected chi connectivity index (χ2v) is 7.39. The smallest absolute Gasteiger partial charge is 0.433 e. The zero-order chi connectivity index (χ0) is 26.3. The second-order valence-electron chi connectivity index (χ2n) is 7.39. The van der Waals surface area contributed by atoms with Crippen molar-refractivity contribution in [2.45, 2.75) is 12.4 Å². The number of halogens is 6. The van der Waals surface area contributed by atoms with Crippen molar-refractivity contribution in [2.24, 2.45) is 0 Å². The molecule has 0 saturated carbocycles. The Kier molecular flexibility index (Phi) is 6.24. The number of benzene rings is 2. The minimum atomic E-state index is -4.89. The number of hydrogen-bond donors (Lipinski definition) is 1. The lowest BCUT2D eigenvalue weighted by atomic mass is 10.1. The van der Waals surface area contributed by atoms with Gasteiger partial charge in [-0.05, 0) is 36.4 Å². The Morgan fingerprint density at radius 1 is 0.917 bits per heavy atom. The quantitative estimate of drug-likeness (QED) is 0.349. The Balaban J connectivity index is 1.85. The van der Waals surface area contributed by atoms with Crippen molar-refractivity contribution in [3.63, 3.8) is 0 Å². The van der Waals surface area contributed by atoms with Crippen LogP contribution in [-0.2, 0) is 12.4 Å². The number of rotatable bonds is 5. The first kappa shape index (κ1) is 24.8. The topological polar surface area (TPSA) is 77.8 Å². The summed E-state index contributed by atoms with van der Waals surface area (Å²) in [6.45, 7) is 0. The van der Waals surface area contributed by atoms with Gasteiger partial charge in [-0.3, -0.25) is 4.79 Å². The average Bonchev–Trinajstić information content (AvgIpc) is 3.26. The van der Waals surface area contributed by atoms with E-state index in [9.17, 15) is 31.1 Å². The van der Waals surface area contributed by atoms with E-state index in [-0.39, 0.29) is 17.0 Å². The maximum Gasteiger partial charge on any atom is 0.433 e. The molecule has 0 saturated heterocycles. The van der Waals surface area contributed by atoms with Gasteiger partial charge < -0.3 is 14.8 Å². The number of ether oxygens (including phenoxy) is 2. The van der Waals surface area contributed by atoms with Gasteiger partial charge in [-0.15, -0.1) is 0 Å². The third-order valence-electron chi connectivity index (χ3n) is 5.17. The van der Waals surface area contributed by atoms with Gasteiger partial charge in [-0.25, -0.2) is 9.50 Å². The summed E-state index contributed by atoms with van der Waals surface area (Å²) in [4.78, 5) is 17.0. The summed E-state index contributed by atoms with van der Waals surface area (Å²) in [7, 11) is 2.73. The molecule has 13 heteroatoms. The molecule has 188 valence electrons. The number of hydrogen-bond acceptors (Lipinski definition) is 5. The first-order valence-corrected chi connectivity index (χ1v) is 10.1. The first-order valence-electron chi connectivity index (χ1n) is 10.1. The summed E-state index contributed by atoms with van der Waals surface area (Å²) in [5.41, 5.74) is -3.87. The molecular formula is C23H16F6N4O3. The number of fused-ring (bicyclic) bond motifs is 1. The molecule has 0 bridgehead atoms. The van der Waals surface area contributed by atoms with Gasteiger partial charge in [0.2, 0.25) is 0 Å². The Labute approximate surface area is 199 Å². The molecular weight excluding hydrogens is 494 g/mol. The number of nitrogens with zero attached hydrogens (tertiary/aromatic N) is 3. The van der Waals surface area contributed by atoms with Gasteiger partial charge in [-0.2, -0.15) is 31.4 Å². The van der Waals surface area contributed by atoms with Crippen LogP contribution in [0.3, 0.4) is 0 Å². The van der Waals surface area contributed by atoms with E-state index in [0.717, 1.165) is 30.5 Å². The van der Waals surface area contributed by atoms with Gasteiger partial charge in [0.05, 0.1) is 37.4 Å². The first-order chi connectivity index (χ1) is 16.9. The standard InChI is InChI=1S/C23H16F6N4O3/c1-35-17-8-7-12(9-18(17)36-2)16-10-19(23(27,28)29)33-20(31-16)13(11-30-33)21(34)32-15-6-4-3-5-14(15)22(24,25)26/h3-11H,1-2H3,(H,32,34). The van der Waals surface area contributed by atoms with Crippen LogP contribution in [0.4, 0.5) is 32.0 Å². The summed E-state index contributed by atoms with van der Waals surface area (Å²) < 4.78 is 92.2. The zero-order valence-corrected chi connectivity index (χ0v) is 18.5. The fourth-order valence-electron chi connectivity index (χ4n) is 3.50. The highest BCUT2D eigenvalue weighted by atomic mass is 19.4. The van der Waals surface area contributed by atoms with Gasteiger partial charge in [0.1, 0.15) is 5.56 Å². The van der Waals surface area contributed by atoms with Crippen LogP contribution >= 0.6 is 0 Å². The highest BCUT2D eigenvalue weighted by molar-refractivity contribution is 6.08. The summed E-state index contributed by atoms with van der Waals surface area (Å²) in [6.07, 6.45) is -8.86. The van der Waals surface area contributed by atoms with Crippen LogP contribution in [0.15, 0.2) is 54.7 Å². The molecule has 2 aromatic carbocycles. The molecule has 4 rings (SSSR count). The van der Waals surface area contributed by atoms with Gasteiger partial charge >= 0.3 is 12.4 Å². The van der Waals surface area contributed by atoms with Crippen LogP contribution < -0.4 is 14.8 Å². The van der Waals surface area contributed by atoms with E-state index in [0.29, 0.717) is 10.3 Å². The zero-order valence-electron chi connectivity index (χ0n) is 18.5. The van der Waals surface area contributed by atoms with Gasteiger partial charge in [-0.1, -0.05) is 12.1 Å². The number of para-hydroxylation sites is 1. The van der Waals surface area contributed by atoms with Crippen LogP contribution in [0.1, 0.15) is 21.6 Å². The highest BCUT2D eigenvalue weighted by Gasteiger charge is 2.37. The monoisotopic (exact) mass is 510 g/mol. The van der Waals surface area contributed by atoms with Crippen molar-refractivity contribution >= 4 is 17.2 Å². The third-order valence-corrected chi connectivity index (χ3v) is 5.17. The van der Waals surface area contributed by atoms with Crippen molar-refractivity contribution in [1.29, 1.82) is 0 Å². The fourth-order valence-corrected chi connectivity index (χ4v) is 3.50. The average molecular weight is 510 g/mol. The van der Waals surface area contributed by atoms with Crippen LogP contribution in [0.5, 0.6) is 11.5 Å². The predicted octanol–water partition coefficient (Wildman–Crippen LogP) is 5.70. The summed E-state index contributed by atoms with van der Waals surface area (Å²) in [5, 5.41) is 5.71. The Hall–Kier alpha value is -4.29. The fraction of sp³-hybridized carbons (Fsp3) is 0.174. The van der Waals surface area contributed by atoms with Crippen LogP contribution in [-0.4, -0.2) is 34.7 Å². The number of carbonyl (C=O) groups excluding carboxylic acids is 1. The van der Waals surface area contributed by atoms with E-state index in [4.69, 9.17) is 9.47 Å². The SMILES string of the molecule is COc1ccc(-c2cc(C(F)(F)F)n3ncc(C(=O)Nc4ccccc4C(F)(F)F)c3n2)cc1OC. The highest BCUT2D eigenvalue weighted by Crippen LogP contribution is 2.37. The van der Waals surface area contributed by atoms with Crippen LogP contribution in [0.25, 0.3) is 16.9 Å². The van der Waals surface area contributed by atoms with Crippen LogP contribution in [0.2, 0.25) is 0 Å². The van der Waals surface area contributed by atoms with E-state index in [1.54, 1.807) is 0 Å². The number of methoxy groups -OCH3 is 2. The third kappa shape index (κ3) is 4.63. The van der Waals surface area contributed by atoms with E-state index in [2.05, 4.69) is 15.4 Å². The molecule has 0 radical (unpaired) electrons. The lowest BCUT2D eigenvalue weighted by molar-refractivity contribution is -0.142. The molecule has 36 heavy (non-hydrogen) atoms. The summed E-state index contributed by atoms with van der Waals surface area (Å²) in [6, 6.07) is 9.24. The normalized spacial score (nSPS) is 12.0. The molecule has 1 amide bonds. The number of nitrogens with one attached hydrogen (secondary N) is 1. The molecule has 1 N–H and O–H groups in total. The summed E-state index contributed by atoms with van der Waals surface area (Å²) >= 11 is 0. The minimum Gasteiger partial charge on any atom is -0.493 e. The van der Waals surface area contributed by atoms with E-state index >= 15 is 0 Å². The number of anilines is 1. The molecule has 0 fully saturated rings. The maximum absolute atomic E-state index is 13.9. The molecule has 0 unspecified atom stereocenters. The van der Waals surface area contributed by atoms with E-state index in [1.807, 2.05) is 0 Å². The molecule has 2 heterocycles. The Bertz CT molecular complexity index is 1450. The lowest BCUT2D eigenvalue weighted by Gasteiger charge is -2.14. The molecule has 0 aliphatic carbocycles. The largest absolute Gasteiger partial charge is 0.493 e. The number of amides is 1. The Morgan fingerprint density at radius 3 is 2.25 bits per heavy atom. The number of carbonyl (C=O) groups is 1. The van der Waals surface area contributed by atoms with E-state index < -0.39 is 46.4 Å². The van der Waals surface area contributed by atoms with Crippen LogP contribution in [0, 0.1) is 0 Å². The van der Waals surface area contributed by atoms with Crippen molar-refractivity contribution < 1.29 is 40.6 Å². The van der Waals surface area contributed by atoms with Crippen molar-refractivity contribution in [2.75, 3.05) is 19.5 Å². The lowest BCUT2D eigenvalue weighted by Crippen LogP contribution is -2.17. The maximum atomic E-state index is 13.9. The Morgan fingerprint density at radius 2 is 1.61 bits per heavy atom. The minimum absolute atomic E-state index is 0.180. The molecule has 0 aliphatic heterocycles. The van der Waals surface area contributed by atoms with E-state index in [1.165, 1.54) is 38.5 Å². The van der Waals surface area contributed by atoms with Gasteiger partial charge in [0.15, 0.2) is 22.8 Å². The molecule has 2 aromatic heterocycles. The molecule has 4 aromatic rings. The number of aromatic nitrogens is 3.